The molecule has 1 heteroatoms. The third-order valence-electron chi connectivity index (χ3n) is 8.36. The third-order valence-corrected chi connectivity index (χ3v) is 8.36. The summed E-state index contributed by atoms with van der Waals surface area (Å²) in [6, 6.07) is 46.1. The Labute approximate surface area is 216 Å². The van der Waals surface area contributed by atoms with Crippen LogP contribution in [0.5, 0.6) is 11.5 Å². The highest BCUT2D eigenvalue weighted by Crippen LogP contribution is 2.55. The van der Waals surface area contributed by atoms with E-state index in [1.165, 1.54) is 55.3 Å². The Hall–Kier alpha value is -4.62. The van der Waals surface area contributed by atoms with Crippen LogP contribution in [0.2, 0.25) is 0 Å². The summed E-state index contributed by atoms with van der Waals surface area (Å²) in [4.78, 5) is 0. The second kappa shape index (κ2) is 7.44. The van der Waals surface area contributed by atoms with Crippen molar-refractivity contribution in [1.82, 2.24) is 0 Å². The van der Waals surface area contributed by atoms with Gasteiger partial charge in [0.2, 0.25) is 0 Å². The predicted molar refractivity (Wildman–Crippen MR) is 152 cm³/mol. The molecule has 6 aromatic rings. The van der Waals surface area contributed by atoms with E-state index >= 15 is 0 Å². The zero-order chi connectivity index (χ0) is 24.6. The Morgan fingerprint density at radius 1 is 0.514 bits per heavy atom. The number of para-hydroxylation sites is 1. The molecule has 0 N–H and O–H groups in total. The zero-order valence-electron chi connectivity index (χ0n) is 20.5. The van der Waals surface area contributed by atoms with Gasteiger partial charge in [-0.1, -0.05) is 109 Å². The molecule has 8 rings (SSSR count). The van der Waals surface area contributed by atoms with E-state index < -0.39 is 0 Å². The lowest BCUT2D eigenvalue weighted by molar-refractivity contribution is 0.487. The summed E-state index contributed by atoms with van der Waals surface area (Å²) in [5.41, 5.74) is 11.4. The second-order valence-corrected chi connectivity index (χ2v) is 10.2. The van der Waals surface area contributed by atoms with Crippen LogP contribution in [0.3, 0.4) is 0 Å². The van der Waals surface area contributed by atoms with Crippen molar-refractivity contribution in [2.45, 2.75) is 12.3 Å². The quantitative estimate of drug-likeness (QED) is 0.243. The Kier molecular flexibility index (Phi) is 4.14. The van der Waals surface area contributed by atoms with E-state index in [0.717, 1.165) is 17.1 Å². The zero-order valence-corrected chi connectivity index (χ0v) is 20.5. The van der Waals surface area contributed by atoms with Crippen LogP contribution in [0.15, 0.2) is 127 Å². The van der Waals surface area contributed by atoms with Gasteiger partial charge in [0.25, 0.3) is 0 Å². The molecule has 0 spiro atoms. The van der Waals surface area contributed by atoms with E-state index in [0.29, 0.717) is 0 Å². The Bertz CT molecular complexity index is 1860. The van der Waals surface area contributed by atoms with E-state index in [4.69, 9.17) is 4.74 Å². The van der Waals surface area contributed by atoms with Crippen LogP contribution in [0.1, 0.15) is 23.6 Å². The fraction of sp³-hybridized carbons (Fsp3) is 0.0556. The van der Waals surface area contributed by atoms with Crippen LogP contribution in [-0.2, 0) is 5.41 Å². The standard InChI is InChI=1S/C36H24O/c1-36(25-11-3-2-4-12-25)30-15-7-5-13-27(30)29-22-24(19-21-31(29)36)26-20-18-23-10-9-17-33-34(23)35(26)28-14-6-8-16-32(28)37-33/h2-22H,1H3. The van der Waals surface area contributed by atoms with Gasteiger partial charge in [-0.15, -0.1) is 0 Å². The maximum absolute atomic E-state index is 6.34. The summed E-state index contributed by atoms with van der Waals surface area (Å²) in [6.45, 7) is 2.37. The van der Waals surface area contributed by atoms with E-state index in [2.05, 4.69) is 128 Å². The minimum atomic E-state index is -0.184. The Balaban J connectivity index is 1.41. The summed E-state index contributed by atoms with van der Waals surface area (Å²) in [5.74, 6) is 1.84. The molecule has 0 saturated heterocycles. The number of hydrogen-bond acceptors (Lipinski definition) is 1. The smallest absolute Gasteiger partial charge is 0.135 e. The summed E-state index contributed by atoms with van der Waals surface area (Å²) >= 11 is 0. The van der Waals surface area contributed by atoms with Crippen LogP contribution < -0.4 is 4.74 Å². The molecular formula is C36H24O. The average molecular weight is 473 g/mol. The first-order valence-electron chi connectivity index (χ1n) is 12.9. The van der Waals surface area contributed by atoms with Crippen molar-refractivity contribution in [2.75, 3.05) is 0 Å². The number of benzene rings is 6. The van der Waals surface area contributed by atoms with Gasteiger partial charge in [-0.25, -0.2) is 0 Å². The fourth-order valence-electron chi connectivity index (χ4n) is 6.58. The van der Waals surface area contributed by atoms with Crippen LogP contribution >= 0.6 is 0 Å². The first kappa shape index (κ1) is 20.6. The molecule has 0 aromatic heterocycles. The largest absolute Gasteiger partial charge is 0.456 e. The van der Waals surface area contributed by atoms with Crippen molar-refractivity contribution in [3.05, 3.63) is 144 Å². The van der Waals surface area contributed by atoms with Crippen molar-refractivity contribution < 1.29 is 4.74 Å². The molecule has 2 aliphatic rings. The van der Waals surface area contributed by atoms with Crippen molar-refractivity contribution in [3.63, 3.8) is 0 Å². The van der Waals surface area contributed by atoms with Gasteiger partial charge in [0.05, 0.1) is 0 Å². The van der Waals surface area contributed by atoms with Gasteiger partial charge in [-0.05, 0) is 69.5 Å². The third kappa shape index (κ3) is 2.74. The minimum absolute atomic E-state index is 0.184. The van der Waals surface area contributed by atoms with Gasteiger partial charge in [-0.2, -0.15) is 0 Å². The van der Waals surface area contributed by atoms with Gasteiger partial charge in [0.15, 0.2) is 0 Å². The number of hydrogen-bond donors (Lipinski definition) is 0. The minimum Gasteiger partial charge on any atom is -0.456 e. The van der Waals surface area contributed by atoms with Crippen LogP contribution in [0.25, 0.3) is 44.2 Å². The van der Waals surface area contributed by atoms with Gasteiger partial charge >= 0.3 is 0 Å². The molecule has 0 radical (unpaired) electrons. The van der Waals surface area contributed by atoms with Crippen molar-refractivity contribution in [2.24, 2.45) is 0 Å². The summed E-state index contributed by atoms with van der Waals surface area (Å²) in [6.07, 6.45) is 0. The van der Waals surface area contributed by atoms with Gasteiger partial charge < -0.3 is 4.74 Å². The lowest BCUT2D eigenvalue weighted by Gasteiger charge is -2.28. The monoisotopic (exact) mass is 472 g/mol. The summed E-state index contributed by atoms with van der Waals surface area (Å²) in [5, 5.41) is 2.39. The molecule has 1 aliphatic carbocycles. The number of rotatable bonds is 2. The lowest BCUT2D eigenvalue weighted by Crippen LogP contribution is -2.22. The molecule has 1 atom stereocenters. The molecular weight excluding hydrogens is 448 g/mol. The van der Waals surface area contributed by atoms with Gasteiger partial charge in [0, 0.05) is 21.9 Å². The van der Waals surface area contributed by atoms with E-state index in [1.54, 1.807) is 0 Å². The van der Waals surface area contributed by atoms with Crippen LogP contribution in [0.4, 0.5) is 0 Å². The van der Waals surface area contributed by atoms with Gasteiger partial charge in [-0.3, -0.25) is 0 Å². The highest BCUT2D eigenvalue weighted by atomic mass is 16.5. The molecule has 0 fully saturated rings. The molecule has 37 heavy (non-hydrogen) atoms. The average Bonchev–Trinajstić information content (AvgIpc) is 3.22. The van der Waals surface area contributed by atoms with Crippen molar-refractivity contribution in [3.8, 4) is 44.9 Å². The van der Waals surface area contributed by atoms with E-state index in [-0.39, 0.29) is 5.41 Å². The topological polar surface area (TPSA) is 9.23 Å². The van der Waals surface area contributed by atoms with Crippen LogP contribution in [-0.4, -0.2) is 0 Å². The second-order valence-electron chi connectivity index (χ2n) is 10.2. The number of ether oxygens (including phenoxy) is 1. The molecule has 174 valence electrons. The van der Waals surface area contributed by atoms with Crippen molar-refractivity contribution >= 4 is 10.8 Å². The highest BCUT2D eigenvalue weighted by molar-refractivity contribution is 6.10. The maximum atomic E-state index is 6.34. The molecule has 1 heterocycles. The number of fused-ring (bicyclic) bond motifs is 5. The summed E-state index contributed by atoms with van der Waals surface area (Å²) < 4.78 is 6.34. The first-order valence-corrected chi connectivity index (χ1v) is 12.9. The molecule has 0 saturated carbocycles. The van der Waals surface area contributed by atoms with Gasteiger partial charge in [0.1, 0.15) is 11.5 Å². The van der Waals surface area contributed by atoms with E-state index in [1.807, 2.05) is 6.07 Å². The molecule has 1 aliphatic heterocycles. The maximum Gasteiger partial charge on any atom is 0.135 e. The van der Waals surface area contributed by atoms with Crippen LogP contribution in [0, 0.1) is 0 Å². The predicted octanol–water partition coefficient (Wildman–Crippen LogP) is 9.61. The first-order chi connectivity index (χ1) is 18.2. The SMILES string of the molecule is CC1(c2ccccc2)c2ccccc2-c2cc(-c3ccc4cccc5c4c3-c3ccccc3O5)ccc21. The molecule has 0 amide bonds. The summed E-state index contributed by atoms with van der Waals surface area (Å²) in [7, 11) is 0. The Morgan fingerprint density at radius 2 is 1.24 bits per heavy atom. The normalized spacial score (nSPS) is 16.6. The lowest BCUT2D eigenvalue weighted by atomic mass is 9.74. The molecule has 6 aromatic carbocycles. The highest BCUT2D eigenvalue weighted by Gasteiger charge is 2.40. The molecule has 0 bridgehead atoms. The Morgan fingerprint density at radius 3 is 2.14 bits per heavy atom. The molecule has 1 unspecified atom stereocenters. The van der Waals surface area contributed by atoms with Crippen molar-refractivity contribution in [1.29, 1.82) is 0 Å². The fourth-order valence-corrected chi connectivity index (χ4v) is 6.58. The molecule has 1 nitrogen and oxygen atoms in total. The van der Waals surface area contributed by atoms with E-state index in [9.17, 15) is 0 Å².